The Balaban J connectivity index is 1.50. The minimum Gasteiger partial charge on any atom is -0.448 e. The van der Waals surface area contributed by atoms with Gasteiger partial charge in [0, 0.05) is 16.9 Å². The van der Waals surface area contributed by atoms with Crippen molar-refractivity contribution in [3.8, 4) is 16.9 Å². The average Bonchev–Trinajstić information content (AvgIpc) is 3.17. The van der Waals surface area contributed by atoms with Gasteiger partial charge in [0.05, 0.1) is 10.7 Å². The number of hydrogen-bond donors (Lipinski definition) is 1. The summed E-state index contributed by atoms with van der Waals surface area (Å²) < 4.78 is 7.01. The summed E-state index contributed by atoms with van der Waals surface area (Å²) in [4.78, 5) is 30.0. The van der Waals surface area contributed by atoms with Gasteiger partial charge in [0.2, 0.25) is 0 Å². The number of carbonyl (C=O) groups excluding carboxylic acids is 2. The van der Waals surface area contributed by atoms with Crippen molar-refractivity contribution in [1.82, 2.24) is 14.8 Å². The van der Waals surface area contributed by atoms with Gasteiger partial charge >= 0.3 is 5.97 Å². The highest BCUT2D eigenvalue weighted by Gasteiger charge is 2.23. The number of nitrogens with zero attached hydrogens (tertiary/aromatic N) is 3. The number of nitrogens with one attached hydrogen (secondary N) is 1. The molecular formula is C26H23ClN4O3. The number of para-hydroxylation sites is 1. The van der Waals surface area contributed by atoms with E-state index in [0.29, 0.717) is 11.5 Å². The van der Waals surface area contributed by atoms with Gasteiger partial charge in [-0.25, -0.2) is 14.5 Å². The van der Waals surface area contributed by atoms with E-state index in [1.165, 1.54) is 6.92 Å². The number of pyridine rings is 1. The lowest BCUT2D eigenvalue weighted by atomic mass is 10.0. The lowest BCUT2D eigenvalue weighted by molar-refractivity contribution is -0.123. The van der Waals surface area contributed by atoms with Crippen LogP contribution < -0.4 is 5.32 Å². The second-order valence-corrected chi connectivity index (χ2v) is 8.19. The molecule has 172 valence electrons. The molecule has 2 heterocycles. The highest BCUT2D eigenvalue weighted by molar-refractivity contribution is 6.33. The molecule has 0 aliphatic heterocycles. The average molecular weight is 475 g/mol. The minimum absolute atomic E-state index is 0.0870. The van der Waals surface area contributed by atoms with E-state index in [4.69, 9.17) is 16.3 Å². The second kappa shape index (κ2) is 9.89. The summed E-state index contributed by atoms with van der Waals surface area (Å²) in [6.07, 6.45) is -1.08. The zero-order chi connectivity index (χ0) is 24.2. The van der Waals surface area contributed by atoms with Crippen molar-refractivity contribution in [2.24, 2.45) is 0 Å². The van der Waals surface area contributed by atoms with Gasteiger partial charge in [-0.15, -0.1) is 0 Å². The highest BCUT2D eigenvalue weighted by atomic mass is 35.5. The van der Waals surface area contributed by atoms with Crippen molar-refractivity contribution in [2.45, 2.75) is 26.9 Å². The Morgan fingerprint density at radius 2 is 1.71 bits per heavy atom. The molecule has 0 aliphatic carbocycles. The number of esters is 1. The molecule has 0 spiro atoms. The lowest BCUT2D eigenvalue weighted by Gasteiger charge is -2.16. The monoisotopic (exact) mass is 474 g/mol. The van der Waals surface area contributed by atoms with Gasteiger partial charge in [-0.1, -0.05) is 60.1 Å². The van der Waals surface area contributed by atoms with Crippen LogP contribution in [0.25, 0.3) is 16.9 Å². The van der Waals surface area contributed by atoms with Crippen LogP contribution in [0.2, 0.25) is 5.02 Å². The summed E-state index contributed by atoms with van der Waals surface area (Å²) >= 11 is 6.21. The Morgan fingerprint density at radius 1 is 1.00 bits per heavy atom. The molecule has 4 rings (SSSR count). The standard InChI is InChI=1S/C26H23ClN4O3/c1-16-15-17(2)31(30-16)23-14-13-21(27)24(29-23)26(33)34-18(3)25(32)28-22-12-8-7-11-20(22)19-9-5-4-6-10-19/h4-15,18H,1-3H3,(H,28,32). The molecule has 0 fully saturated rings. The number of hydrogen-bond acceptors (Lipinski definition) is 5. The number of carbonyl (C=O) groups is 2. The number of anilines is 1. The van der Waals surface area contributed by atoms with Crippen LogP contribution in [-0.4, -0.2) is 32.7 Å². The van der Waals surface area contributed by atoms with Gasteiger partial charge in [0.15, 0.2) is 17.6 Å². The maximum absolute atomic E-state index is 12.8. The Bertz CT molecular complexity index is 1350. The molecule has 2 aromatic carbocycles. The SMILES string of the molecule is Cc1cc(C)n(-c2ccc(Cl)c(C(=O)OC(C)C(=O)Nc3ccccc3-c3ccccc3)n2)n1. The predicted octanol–water partition coefficient (Wildman–Crippen LogP) is 5.39. The molecule has 0 bridgehead atoms. The van der Waals surface area contributed by atoms with E-state index >= 15 is 0 Å². The van der Waals surface area contributed by atoms with Crippen LogP contribution in [0.4, 0.5) is 5.69 Å². The molecule has 34 heavy (non-hydrogen) atoms. The van der Waals surface area contributed by atoms with Crippen molar-refractivity contribution >= 4 is 29.2 Å². The Labute approximate surface area is 202 Å². The normalized spacial score (nSPS) is 11.6. The molecule has 0 aliphatic rings. The van der Waals surface area contributed by atoms with Gasteiger partial charge in [-0.2, -0.15) is 5.10 Å². The zero-order valence-corrected chi connectivity index (χ0v) is 19.7. The maximum Gasteiger partial charge on any atom is 0.359 e. The van der Waals surface area contributed by atoms with E-state index < -0.39 is 18.0 Å². The second-order valence-electron chi connectivity index (χ2n) is 7.79. The van der Waals surface area contributed by atoms with Gasteiger partial charge in [0.25, 0.3) is 5.91 Å². The number of rotatable bonds is 6. The summed E-state index contributed by atoms with van der Waals surface area (Å²) in [6.45, 7) is 5.25. The third-order valence-corrected chi connectivity index (χ3v) is 5.48. The minimum atomic E-state index is -1.08. The Hall–Kier alpha value is -3.97. The predicted molar refractivity (Wildman–Crippen MR) is 131 cm³/mol. The van der Waals surface area contributed by atoms with E-state index in [1.54, 1.807) is 22.9 Å². The maximum atomic E-state index is 12.8. The highest BCUT2D eigenvalue weighted by Crippen LogP contribution is 2.28. The zero-order valence-electron chi connectivity index (χ0n) is 18.9. The fraction of sp³-hybridized carbons (Fsp3) is 0.154. The molecule has 2 aromatic heterocycles. The van der Waals surface area contributed by atoms with Crippen molar-refractivity contribution < 1.29 is 14.3 Å². The number of ether oxygens (including phenoxy) is 1. The summed E-state index contributed by atoms with van der Waals surface area (Å²) in [7, 11) is 0. The van der Waals surface area contributed by atoms with Crippen molar-refractivity contribution in [3.05, 3.63) is 94.9 Å². The molecule has 0 radical (unpaired) electrons. The number of benzene rings is 2. The van der Waals surface area contributed by atoms with Crippen LogP contribution in [0.1, 0.15) is 28.8 Å². The lowest BCUT2D eigenvalue weighted by Crippen LogP contribution is -2.30. The van der Waals surface area contributed by atoms with Crippen LogP contribution in [-0.2, 0) is 9.53 Å². The number of aryl methyl sites for hydroxylation is 2. The summed E-state index contributed by atoms with van der Waals surface area (Å²) in [5, 5.41) is 7.34. The van der Waals surface area contributed by atoms with Crippen LogP contribution in [0.3, 0.4) is 0 Å². The van der Waals surface area contributed by atoms with E-state index in [-0.39, 0.29) is 10.7 Å². The first-order valence-corrected chi connectivity index (χ1v) is 11.1. The smallest absolute Gasteiger partial charge is 0.359 e. The number of halogens is 1. The quantitative estimate of drug-likeness (QED) is 0.379. The number of amides is 1. The number of aromatic nitrogens is 3. The van der Waals surface area contributed by atoms with E-state index in [2.05, 4.69) is 15.4 Å². The fourth-order valence-corrected chi connectivity index (χ4v) is 3.70. The van der Waals surface area contributed by atoms with Gasteiger partial charge in [-0.05, 0) is 50.6 Å². The molecule has 1 amide bonds. The Kier molecular flexibility index (Phi) is 6.75. The molecule has 7 nitrogen and oxygen atoms in total. The Morgan fingerprint density at radius 3 is 2.41 bits per heavy atom. The third-order valence-electron chi connectivity index (χ3n) is 5.17. The molecule has 1 atom stereocenters. The summed E-state index contributed by atoms with van der Waals surface area (Å²) in [5.41, 5.74) is 4.02. The molecule has 1 unspecified atom stereocenters. The van der Waals surface area contributed by atoms with Crippen LogP contribution in [0, 0.1) is 13.8 Å². The van der Waals surface area contributed by atoms with Crippen LogP contribution in [0.5, 0.6) is 0 Å². The molecule has 0 saturated heterocycles. The van der Waals surface area contributed by atoms with Gasteiger partial charge in [0.1, 0.15) is 0 Å². The molecule has 1 N–H and O–H groups in total. The van der Waals surface area contributed by atoms with Crippen LogP contribution in [0.15, 0.2) is 72.8 Å². The van der Waals surface area contributed by atoms with E-state index in [9.17, 15) is 9.59 Å². The largest absolute Gasteiger partial charge is 0.448 e. The first kappa shape index (κ1) is 23.2. The summed E-state index contributed by atoms with van der Waals surface area (Å²) in [6, 6.07) is 22.2. The first-order chi connectivity index (χ1) is 16.3. The molecule has 0 saturated carbocycles. The van der Waals surface area contributed by atoms with Crippen molar-refractivity contribution in [2.75, 3.05) is 5.32 Å². The van der Waals surface area contributed by atoms with Gasteiger partial charge in [-0.3, -0.25) is 4.79 Å². The van der Waals surface area contributed by atoms with Crippen molar-refractivity contribution in [3.63, 3.8) is 0 Å². The van der Waals surface area contributed by atoms with E-state index in [1.807, 2.05) is 68.4 Å². The van der Waals surface area contributed by atoms with Gasteiger partial charge < -0.3 is 10.1 Å². The summed E-state index contributed by atoms with van der Waals surface area (Å²) in [5.74, 6) is -0.842. The third kappa shape index (κ3) is 5.00. The fourth-order valence-electron chi connectivity index (χ4n) is 3.52. The topological polar surface area (TPSA) is 86.1 Å². The molecular weight excluding hydrogens is 452 g/mol. The molecule has 4 aromatic rings. The van der Waals surface area contributed by atoms with Crippen LogP contribution >= 0.6 is 11.6 Å². The van der Waals surface area contributed by atoms with E-state index in [0.717, 1.165) is 22.5 Å². The molecule has 8 heteroatoms. The van der Waals surface area contributed by atoms with Crippen molar-refractivity contribution in [1.29, 1.82) is 0 Å². The first-order valence-electron chi connectivity index (χ1n) is 10.7.